The SMILES string of the molecule is Cc1ccc(S(=O)(=O)n2ccc3nc(C=CC(=O)C4CCCCC4)cnc32)cc1. The molecule has 0 N–H and O–H groups in total. The van der Waals surface area contributed by atoms with Gasteiger partial charge in [0.1, 0.15) is 5.52 Å². The van der Waals surface area contributed by atoms with E-state index in [4.69, 9.17) is 0 Å². The minimum Gasteiger partial charge on any atom is -0.295 e. The summed E-state index contributed by atoms with van der Waals surface area (Å²) in [5.74, 6) is 0.239. The van der Waals surface area contributed by atoms with E-state index in [1.54, 1.807) is 42.5 Å². The number of aryl methyl sites for hydroxylation is 1. The molecule has 29 heavy (non-hydrogen) atoms. The lowest BCUT2D eigenvalue weighted by Gasteiger charge is -2.18. The molecule has 1 aliphatic rings. The highest BCUT2D eigenvalue weighted by atomic mass is 32.2. The van der Waals surface area contributed by atoms with Crippen LogP contribution in [0.1, 0.15) is 43.4 Å². The predicted octanol–water partition coefficient (Wildman–Crippen LogP) is 4.14. The maximum Gasteiger partial charge on any atom is 0.269 e. The molecule has 0 spiro atoms. The number of carbonyl (C=O) groups excluding carboxylic acids is 1. The van der Waals surface area contributed by atoms with Crippen LogP contribution >= 0.6 is 0 Å². The van der Waals surface area contributed by atoms with E-state index in [9.17, 15) is 13.2 Å². The first-order valence-corrected chi connectivity index (χ1v) is 11.3. The third kappa shape index (κ3) is 4.00. The number of allylic oxidation sites excluding steroid dienone is 1. The van der Waals surface area contributed by atoms with Crippen molar-refractivity contribution in [1.82, 2.24) is 13.9 Å². The highest BCUT2D eigenvalue weighted by Crippen LogP contribution is 2.25. The van der Waals surface area contributed by atoms with Crippen molar-refractivity contribution < 1.29 is 13.2 Å². The van der Waals surface area contributed by atoms with Crippen LogP contribution in [0.4, 0.5) is 0 Å². The number of aromatic nitrogens is 3. The van der Waals surface area contributed by atoms with Crippen LogP contribution < -0.4 is 0 Å². The van der Waals surface area contributed by atoms with Gasteiger partial charge >= 0.3 is 0 Å². The zero-order valence-corrected chi connectivity index (χ0v) is 17.1. The summed E-state index contributed by atoms with van der Waals surface area (Å²) in [5, 5.41) is 0. The summed E-state index contributed by atoms with van der Waals surface area (Å²) in [4.78, 5) is 21.3. The number of rotatable bonds is 5. The molecule has 0 radical (unpaired) electrons. The summed E-state index contributed by atoms with van der Waals surface area (Å²) < 4.78 is 27.0. The summed E-state index contributed by atoms with van der Waals surface area (Å²) >= 11 is 0. The summed E-state index contributed by atoms with van der Waals surface area (Å²) in [6.45, 7) is 1.90. The summed E-state index contributed by atoms with van der Waals surface area (Å²) in [5.41, 5.74) is 2.25. The van der Waals surface area contributed by atoms with Gasteiger partial charge in [-0.05, 0) is 50.1 Å². The van der Waals surface area contributed by atoms with Crippen molar-refractivity contribution in [3.8, 4) is 0 Å². The van der Waals surface area contributed by atoms with Crippen molar-refractivity contribution in [2.75, 3.05) is 0 Å². The maximum absolute atomic E-state index is 12.9. The third-order valence-corrected chi connectivity index (χ3v) is 7.06. The van der Waals surface area contributed by atoms with Crippen LogP contribution in [0.15, 0.2) is 53.7 Å². The number of benzene rings is 1. The van der Waals surface area contributed by atoms with Gasteiger partial charge in [-0.1, -0.05) is 37.0 Å². The molecule has 7 heteroatoms. The summed E-state index contributed by atoms with van der Waals surface area (Å²) in [6.07, 6.45) is 11.5. The van der Waals surface area contributed by atoms with Crippen LogP contribution in [-0.4, -0.2) is 28.1 Å². The van der Waals surface area contributed by atoms with Crippen molar-refractivity contribution in [3.05, 3.63) is 60.1 Å². The zero-order valence-electron chi connectivity index (χ0n) is 16.3. The smallest absolute Gasteiger partial charge is 0.269 e. The molecule has 0 aliphatic heterocycles. The molecular weight excluding hydrogens is 386 g/mol. The predicted molar refractivity (Wildman–Crippen MR) is 112 cm³/mol. The van der Waals surface area contributed by atoms with Gasteiger partial charge < -0.3 is 0 Å². The van der Waals surface area contributed by atoms with E-state index >= 15 is 0 Å². The van der Waals surface area contributed by atoms with Crippen LogP contribution in [0.5, 0.6) is 0 Å². The van der Waals surface area contributed by atoms with E-state index in [0.717, 1.165) is 35.2 Å². The van der Waals surface area contributed by atoms with Crippen LogP contribution in [-0.2, 0) is 14.8 Å². The molecular formula is C22H23N3O3S. The number of nitrogens with zero attached hydrogens (tertiary/aromatic N) is 3. The van der Waals surface area contributed by atoms with Gasteiger partial charge in [0.05, 0.1) is 16.8 Å². The maximum atomic E-state index is 12.9. The van der Waals surface area contributed by atoms with Gasteiger partial charge in [0.25, 0.3) is 10.0 Å². The summed E-state index contributed by atoms with van der Waals surface area (Å²) in [6, 6.07) is 8.30. The van der Waals surface area contributed by atoms with E-state index in [-0.39, 0.29) is 22.2 Å². The number of carbonyl (C=O) groups is 1. The number of hydrogen-bond donors (Lipinski definition) is 0. The normalized spacial score (nSPS) is 15.9. The zero-order chi connectivity index (χ0) is 20.4. The van der Waals surface area contributed by atoms with Crippen LogP contribution in [0.2, 0.25) is 0 Å². The number of hydrogen-bond acceptors (Lipinski definition) is 5. The molecule has 0 atom stereocenters. The van der Waals surface area contributed by atoms with E-state index in [1.807, 2.05) is 6.92 Å². The highest BCUT2D eigenvalue weighted by molar-refractivity contribution is 7.90. The molecule has 0 saturated heterocycles. The highest BCUT2D eigenvalue weighted by Gasteiger charge is 2.21. The first-order chi connectivity index (χ1) is 13.9. The van der Waals surface area contributed by atoms with E-state index in [1.165, 1.54) is 18.8 Å². The Morgan fingerprint density at radius 3 is 2.55 bits per heavy atom. The molecule has 4 rings (SSSR count). The van der Waals surface area contributed by atoms with Crippen molar-refractivity contribution in [1.29, 1.82) is 0 Å². The Hall–Kier alpha value is -2.80. The van der Waals surface area contributed by atoms with E-state index in [2.05, 4.69) is 9.97 Å². The number of fused-ring (bicyclic) bond motifs is 1. The molecule has 150 valence electrons. The Morgan fingerprint density at radius 2 is 1.83 bits per heavy atom. The Kier molecular flexibility index (Phi) is 5.32. The van der Waals surface area contributed by atoms with Gasteiger partial charge in [-0.15, -0.1) is 0 Å². The van der Waals surface area contributed by atoms with Crippen LogP contribution in [0.25, 0.3) is 17.2 Å². The van der Waals surface area contributed by atoms with Crippen molar-refractivity contribution in [2.24, 2.45) is 5.92 Å². The Bertz CT molecular complexity index is 1170. The second-order valence-corrected chi connectivity index (χ2v) is 9.32. The topological polar surface area (TPSA) is 81.9 Å². The minimum absolute atomic E-state index is 0.109. The monoisotopic (exact) mass is 409 g/mol. The molecule has 1 aromatic carbocycles. The lowest BCUT2D eigenvalue weighted by molar-refractivity contribution is -0.119. The molecule has 6 nitrogen and oxygen atoms in total. The molecule has 0 bridgehead atoms. The second-order valence-electron chi connectivity index (χ2n) is 7.50. The average Bonchev–Trinajstić information content (AvgIpc) is 3.17. The third-order valence-electron chi connectivity index (χ3n) is 5.38. The molecule has 2 aromatic heterocycles. The van der Waals surface area contributed by atoms with Crippen LogP contribution in [0.3, 0.4) is 0 Å². The molecule has 0 amide bonds. The quantitative estimate of drug-likeness (QED) is 0.592. The Morgan fingerprint density at radius 1 is 1.10 bits per heavy atom. The van der Waals surface area contributed by atoms with Gasteiger partial charge in [-0.25, -0.2) is 22.4 Å². The molecule has 2 heterocycles. The number of ketones is 1. The molecule has 1 aliphatic carbocycles. The molecule has 1 fully saturated rings. The average molecular weight is 410 g/mol. The lowest BCUT2D eigenvalue weighted by atomic mass is 9.86. The molecule has 1 saturated carbocycles. The molecule has 3 aromatic rings. The second kappa shape index (κ2) is 7.91. The fourth-order valence-electron chi connectivity index (χ4n) is 3.69. The van der Waals surface area contributed by atoms with Gasteiger partial charge in [-0.3, -0.25) is 4.79 Å². The van der Waals surface area contributed by atoms with Gasteiger partial charge in [0.15, 0.2) is 11.4 Å². The first-order valence-electron chi connectivity index (χ1n) is 9.83. The molecule has 0 unspecified atom stereocenters. The summed E-state index contributed by atoms with van der Waals surface area (Å²) in [7, 11) is -3.75. The Balaban J connectivity index is 1.60. The first kappa shape index (κ1) is 19.5. The van der Waals surface area contributed by atoms with Crippen molar-refractivity contribution in [2.45, 2.75) is 43.9 Å². The van der Waals surface area contributed by atoms with E-state index < -0.39 is 10.0 Å². The largest absolute Gasteiger partial charge is 0.295 e. The lowest BCUT2D eigenvalue weighted by Crippen LogP contribution is -2.15. The Labute approximate surface area is 170 Å². The fourth-order valence-corrected chi connectivity index (χ4v) is 4.99. The van der Waals surface area contributed by atoms with Gasteiger partial charge in [0, 0.05) is 12.1 Å². The van der Waals surface area contributed by atoms with Crippen molar-refractivity contribution >= 4 is 33.0 Å². The van der Waals surface area contributed by atoms with Gasteiger partial charge in [-0.2, -0.15) is 0 Å². The van der Waals surface area contributed by atoms with E-state index in [0.29, 0.717) is 11.2 Å². The standard InChI is InChI=1S/C22H23N3O3S/c1-16-7-10-19(11-8-16)29(27,28)25-14-13-20-22(25)23-15-18(24-20)9-12-21(26)17-5-3-2-4-6-17/h7-15,17H,2-6H2,1H3. The fraction of sp³-hybridized carbons (Fsp3) is 0.318. The van der Waals surface area contributed by atoms with Gasteiger partial charge in [0.2, 0.25) is 0 Å². The van der Waals surface area contributed by atoms with Crippen molar-refractivity contribution in [3.63, 3.8) is 0 Å². The van der Waals surface area contributed by atoms with Crippen LogP contribution in [0, 0.1) is 12.8 Å². The minimum atomic E-state index is -3.75.